The predicted octanol–water partition coefficient (Wildman–Crippen LogP) is 4.51. The summed E-state index contributed by atoms with van der Waals surface area (Å²) in [5, 5.41) is 9.24. The molecule has 4 heteroatoms. The minimum absolute atomic E-state index is 0.0937. The third-order valence-corrected chi connectivity index (χ3v) is 3.98. The van der Waals surface area contributed by atoms with Gasteiger partial charge in [0.2, 0.25) is 0 Å². The lowest BCUT2D eigenvalue weighted by Crippen LogP contribution is -2.11. The van der Waals surface area contributed by atoms with Gasteiger partial charge in [-0.2, -0.15) is 0 Å². The fourth-order valence-corrected chi connectivity index (χ4v) is 2.55. The lowest BCUT2D eigenvalue weighted by Gasteiger charge is -2.16. The molecular weight excluding hydrogens is 306 g/mol. The molecule has 0 aliphatic carbocycles. The molecule has 1 N–H and O–H groups in total. The molecule has 0 aliphatic heterocycles. The average molecular weight is 322 g/mol. The first kappa shape index (κ1) is 13.9. The molecule has 0 saturated heterocycles. The van der Waals surface area contributed by atoms with E-state index in [0.717, 1.165) is 21.3 Å². The summed E-state index contributed by atoms with van der Waals surface area (Å²) in [5.74, 6) is -0.897. The van der Waals surface area contributed by atoms with E-state index in [9.17, 15) is 9.90 Å². The van der Waals surface area contributed by atoms with Gasteiger partial charge in [0.05, 0.1) is 0 Å². The first-order chi connectivity index (χ1) is 8.91. The number of rotatable bonds is 3. The van der Waals surface area contributed by atoms with Gasteiger partial charge in [0.1, 0.15) is 5.69 Å². The quantitative estimate of drug-likeness (QED) is 0.904. The summed E-state index contributed by atoms with van der Waals surface area (Å²) in [6.07, 6.45) is 0. The average Bonchev–Trinajstić information content (AvgIpc) is 2.77. The Morgan fingerprint density at radius 2 is 1.95 bits per heavy atom. The van der Waals surface area contributed by atoms with Gasteiger partial charge in [0.25, 0.3) is 0 Å². The predicted molar refractivity (Wildman–Crippen MR) is 79.6 cm³/mol. The van der Waals surface area contributed by atoms with Crippen LogP contribution in [0.25, 0.3) is 11.3 Å². The van der Waals surface area contributed by atoms with Crippen LogP contribution in [0, 0.1) is 6.92 Å². The zero-order valence-electron chi connectivity index (χ0n) is 11.1. The van der Waals surface area contributed by atoms with E-state index in [0.29, 0.717) is 5.69 Å². The van der Waals surface area contributed by atoms with E-state index in [1.807, 2.05) is 49.6 Å². The number of hydrogen-bond donors (Lipinski definition) is 1. The van der Waals surface area contributed by atoms with Gasteiger partial charge in [-0.05, 0) is 50.1 Å². The first-order valence-electron chi connectivity index (χ1n) is 6.13. The highest BCUT2D eigenvalue weighted by Gasteiger charge is 2.17. The van der Waals surface area contributed by atoms with Crippen LogP contribution in [0.2, 0.25) is 0 Å². The Bertz CT molecular complexity index is 629. The summed E-state index contributed by atoms with van der Waals surface area (Å²) in [5.41, 5.74) is 3.42. The highest BCUT2D eigenvalue weighted by atomic mass is 79.9. The normalized spacial score (nSPS) is 11.0. The van der Waals surface area contributed by atoms with Gasteiger partial charge in [0, 0.05) is 16.2 Å². The molecule has 1 aromatic carbocycles. The van der Waals surface area contributed by atoms with E-state index >= 15 is 0 Å². The molecule has 0 saturated carbocycles. The molecule has 0 amide bonds. The number of carboxylic acids is 1. The molecule has 2 aromatic rings. The monoisotopic (exact) mass is 321 g/mol. The second-order valence-electron chi connectivity index (χ2n) is 4.84. The van der Waals surface area contributed by atoms with E-state index in [2.05, 4.69) is 15.9 Å². The second kappa shape index (κ2) is 5.21. The standard InChI is InChI=1S/C15H16BrNO2/c1-9(2)17-13(6-7-14(17)15(18)19)11-5-4-10(3)12(16)8-11/h4-9H,1-3H3,(H,18,19). The largest absolute Gasteiger partial charge is 0.477 e. The molecular formula is C15H16BrNO2. The van der Waals surface area contributed by atoms with Gasteiger partial charge in [-0.3, -0.25) is 0 Å². The number of aromatic carboxylic acids is 1. The Morgan fingerprint density at radius 3 is 2.47 bits per heavy atom. The lowest BCUT2D eigenvalue weighted by molar-refractivity contribution is 0.0683. The topological polar surface area (TPSA) is 42.2 Å². The minimum Gasteiger partial charge on any atom is -0.477 e. The van der Waals surface area contributed by atoms with Crippen LogP contribution in [-0.4, -0.2) is 15.6 Å². The Balaban J connectivity index is 2.62. The Hall–Kier alpha value is -1.55. The third-order valence-electron chi connectivity index (χ3n) is 3.12. The molecule has 0 unspecified atom stereocenters. The highest BCUT2D eigenvalue weighted by molar-refractivity contribution is 9.10. The number of nitrogens with zero attached hydrogens (tertiary/aromatic N) is 1. The van der Waals surface area contributed by atoms with Crippen molar-refractivity contribution in [2.75, 3.05) is 0 Å². The van der Waals surface area contributed by atoms with Crippen LogP contribution < -0.4 is 0 Å². The maximum Gasteiger partial charge on any atom is 0.352 e. The molecule has 0 spiro atoms. The molecule has 0 atom stereocenters. The van der Waals surface area contributed by atoms with Crippen molar-refractivity contribution in [2.45, 2.75) is 26.8 Å². The number of carbonyl (C=O) groups is 1. The van der Waals surface area contributed by atoms with Gasteiger partial charge >= 0.3 is 5.97 Å². The minimum atomic E-state index is -0.897. The van der Waals surface area contributed by atoms with Crippen molar-refractivity contribution in [3.05, 3.63) is 46.1 Å². The van der Waals surface area contributed by atoms with Gasteiger partial charge in [0.15, 0.2) is 0 Å². The zero-order chi connectivity index (χ0) is 14.2. The van der Waals surface area contributed by atoms with Crippen LogP contribution in [0.1, 0.15) is 35.9 Å². The fraction of sp³-hybridized carbons (Fsp3) is 0.267. The summed E-state index contributed by atoms with van der Waals surface area (Å²) < 4.78 is 2.87. The summed E-state index contributed by atoms with van der Waals surface area (Å²) in [6, 6.07) is 9.68. The maximum atomic E-state index is 11.3. The van der Waals surface area contributed by atoms with E-state index < -0.39 is 5.97 Å². The molecule has 0 aliphatic rings. The Kier molecular flexibility index (Phi) is 3.80. The van der Waals surface area contributed by atoms with Crippen molar-refractivity contribution < 1.29 is 9.90 Å². The third kappa shape index (κ3) is 2.59. The van der Waals surface area contributed by atoms with E-state index in [1.165, 1.54) is 0 Å². The molecule has 3 nitrogen and oxygen atoms in total. The van der Waals surface area contributed by atoms with E-state index in [4.69, 9.17) is 0 Å². The Labute approximate surface area is 121 Å². The number of hydrogen-bond acceptors (Lipinski definition) is 1. The van der Waals surface area contributed by atoms with Gasteiger partial charge in [-0.25, -0.2) is 4.79 Å². The first-order valence-corrected chi connectivity index (χ1v) is 6.92. The number of carboxylic acid groups (broad SMARTS) is 1. The van der Waals surface area contributed by atoms with Crippen molar-refractivity contribution in [3.63, 3.8) is 0 Å². The summed E-state index contributed by atoms with van der Waals surface area (Å²) in [4.78, 5) is 11.3. The van der Waals surface area contributed by atoms with Crippen molar-refractivity contribution in [3.8, 4) is 11.3 Å². The molecule has 19 heavy (non-hydrogen) atoms. The van der Waals surface area contributed by atoms with Crippen molar-refractivity contribution in [1.82, 2.24) is 4.57 Å². The fourth-order valence-electron chi connectivity index (χ4n) is 2.17. The molecule has 1 heterocycles. The van der Waals surface area contributed by atoms with Crippen LogP contribution in [-0.2, 0) is 0 Å². The highest BCUT2D eigenvalue weighted by Crippen LogP contribution is 2.29. The van der Waals surface area contributed by atoms with Crippen molar-refractivity contribution in [1.29, 1.82) is 0 Å². The summed E-state index contributed by atoms with van der Waals surface area (Å²) >= 11 is 3.52. The maximum absolute atomic E-state index is 11.3. The Morgan fingerprint density at radius 1 is 1.26 bits per heavy atom. The van der Waals surface area contributed by atoms with Gasteiger partial charge in [-0.1, -0.05) is 28.1 Å². The zero-order valence-corrected chi connectivity index (χ0v) is 12.7. The lowest BCUT2D eigenvalue weighted by atomic mass is 10.1. The molecule has 100 valence electrons. The molecule has 0 fully saturated rings. The van der Waals surface area contributed by atoms with Crippen molar-refractivity contribution >= 4 is 21.9 Å². The van der Waals surface area contributed by atoms with Crippen LogP contribution in [0.5, 0.6) is 0 Å². The molecule has 0 bridgehead atoms. The molecule has 0 radical (unpaired) electrons. The SMILES string of the molecule is Cc1ccc(-c2ccc(C(=O)O)n2C(C)C)cc1Br. The molecule has 1 aromatic heterocycles. The van der Waals surface area contributed by atoms with E-state index in [-0.39, 0.29) is 6.04 Å². The van der Waals surface area contributed by atoms with Crippen LogP contribution in [0.3, 0.4) is 0 Å². The van der Waals surface area contributed by atoms with Crippen LogP contribution in [0.4, 0.5) is 0 Å². The van der Waals surface area contributed by atoms with Gasteiger partial charge < -0.3 is 9.67 Å². The summed E-state index contributed by atoms with van der Waals surface area (Å²) in [6.45, 7) is 6.00. The molecule has 2 rings (SSSR count). The van der Waals surface area contributed by atoms with Crippen molar-refractivity contribution in [2.24, 2.45) is 0 Å². The second-order valence-corrected chi connectivity index (χ2v) is 5.69. The number of benzene rings is 1. The van der Waals surface area contributed by atoms with Crippen LogP contribution in [0.15, 0.2) is 34.8 Å². The van der Waals surface area contributed by atoms with E-state index in [1.54, 1.807) is 6.07 Å². The number of aromatic nitrogens is 1. The van der Waals surface area contributed by atoms with Crippen LogP contribution >= 0.6 is 15.9 Å². The number of halogens is 1. The number of aryl methyl sites for hydroxylation is 1. The smallest absolute Gasteiger partial charge is 0.352 e. The van der Waals surface area contributed by atoms with Gasteiger partial charge in [-0.15, -0.1) is 0 Å². The summed E-state index contributed by atoms with van der Waals surface area (Å²) in [7, 11) is 0.